The summed E-state index contributed by atoms with van der Waals surface area (Å²) in [6, 6.07) is 22.5. The summed E-state index contributed by atoms with van der Waals surface area (Å²) in [5, 5.41) is 0. The second-order valence-corrected chi connectivity index (χ2v) is 5.19. The van der Waals surface area contributed by atoms with Gasteiger partial charge in [0.05, 0.1) is 0 Å². The molecule has 0 radical (unpaired) electrons. The molecule has 0 fully saturated rings. The molecule has 0 heterocycles. The third-order valence-corrected chi connectivity index (χ3v) is 3.63. The van der Waals surface area contributed by atoms with Crippen LogP contribution in [0.25, 0.3) is 0 Å². The molecule has 0 bridgehead atoms. The van der Waals surface area contributed by atoms with E-state index in [9.17, 15) is 9.59 Å². The maximum absolute atomic E-state index is 12.7. The molecule has 0 aliphatic carbocycles. The van der Waals surface area contributed by atoms with Crippen molar-refractivity contribution in [2.75, 3.05) is 5.73 Å². The molecule has 0 aliphatic heterocycles. The minimum atomic E-state index is -0.190. The quantitative estimate of drug-likeness (QED) is 0.590. The third-order valence-electron chi connectivity index (χ3n) is 3.63. The summed E-state index contributed by atoms with van der Waals surface area (Å²) < 4.78 is 0. The Morgan fingerprint density at radius 2 is 1.00 bits per heavy atom. The number of hydrogen-bond donors (Lipinski definition) is 1. The summed E-state index contributed by atoms with van der Waals surface area (Å²) in [5.41, 5.74) is 8.11. The van der Waals surface area contributed by atoms with Crippen molar-refractivity contribution >= 4 is 17.3 Å². The molecular formula is C20H15NO2. The van der Waals surface area contributed by atoms with Gasteiger partial charge < -0.3 is 5.73 Å². The Bertz CT molecular complexity index is 852. The predicted molar refractivity (Wildman–Crippen MR) is 90.6 cm³/mol. The van der Waals surface area contributed by atoms with Crippen LogP contribution in [0.5, 0.6) is 0 Å². The van der Waals surface area contributed by atoms with Crippen molar-refractivity contribution in [3.8, 4) is 0 Å². The monoisotopic (exact) mass is 301 g/mol. The number of carbonyl (C=O) groups is 2. The Balaban J connectivity index is 2.03. The van der Waals surface area contributed by atoms with E-state index in [0.29, 0.717) is 27.9 Å². The molecule has 3 rings (SSSR count). The van der Waals surface area contributed by atoms with Gasteiger partial charge in [0.2, 0.25) is 0 Å². The first-order valence-electron chi connectivity index (χ1n) is 7.26. The maximum Gasteiger partial charge on any atom is 0.193 e. The molecule has 3 nitrogen and oxygen atoms in total. The van der Waals surface area contributed by atoms with Crippen LogP contribution < -0.4 is 5.73 Å². The van der Waals surface area contributed by atoms with E-state index >= 15 is 0 Å². The molecule has 0 aliphatic rings. The van der Waals surface area contributed by atoms with Gasteiger partial charge in [-0.2, -0.15) is 0 Å². The zero-order valence-electron chi connectivity index (χ0n) is 12.4. The lowest BCUT2D eigenvalue weighted by atomic mass is 9.93. The number of rotatable bonds is 4. The number of carbonyl (C=O) groups excluding carboxylic acids is 2. The zero-order chi connectivity index (χ0) is 16.2. The van der Waals surface area contributed by atoms with E-state index in [1.165, 1.54) is 0 Å². The number of nitrogens with two attached hydrogens (primary N) is 1. The van der Waals surface area contributed by atoms with Crippen molar-refractivity contribution < 1.29 is 9.59 Å². The van der Waals surface area contributed by atoms with E-state index < -0.39 is 0 Å². The number of nitrogen functional groups attached to an aromatic ring is 1. The molecule has 0 atom stereocenters. The van der Waals surface area contributed by atoms with E-state index in [1.54, 1.807) is 72.8 Å². The van der Waals surface area contributed by atoms with Crippen LogP contribution in [-0.2, 0) is 0 Å². The molecule has 3 heteroatoms. The predicted octanol–water partition coefficient (Wildman–Crippen LogP) is 3.73. The molecule has 0 amide bonds. The Hall–Kier alpha value is -3.20. The molecule has 3 aromatic rings. The fourth-order valence-corrected chi connectivity index (χ4v) is 2.41. The molecule has 2 N–H and O–H groups in total. The molecule has 0 aromatic heterocycles. The topological polar surface area (TPSA) is 60.2 Å². The highest BCUT2D eigenvalue weighted by molar-refractivity contribution is 6.19. The molecule has 0 saturated heterocycles. The maximum atomic E-state index is 12.7. The highest BCUT2D eigenvalue weighted by Gasteiger charge is 2.18. The summed E-state index contributed by atoms with van der Waals surface area (Å²) in [6.07, 6.45) is 0. The number of ketones is 2. The second kappa shape index (κ2) is 6.28. The smallest absolute Gasteiger partial charge is 0.193 e. The molecular weight excluding hydrogens is 286 g/mol. The van der Waals surface area contributed by atoms with E-state index in [4.69, 9.17) is 5.73 Å². The van der Waals surface area contributed by atoms with E-state index in [0.717, 1.165) is 0 Å². The number of benzene rings is 3. The van der Waals surface area contributed by atoms with Crippen LogP contribution in [0.4, 0.5) is 5.69 Å². The van der Waals surface area contributed by atoms with E-state index in [2.05, 4.69) is 0 Å². The van der Waals surface area contributed by atoms with Crippen LogP contribution in [-0.4, -0.2) is 11.6 Å². The summed E-state index contributed by atoms with van der Waals surface area (Å²) in [6.45, 7) is 0. The standard InChI is InChI=1S/C20H15NO2/c21-16-12-10-15(11-13-16)20(23)18-9-5-4-8-17(18)19(22)14-6-2-1-3-7-14/h1-13H,21H2. The summed E-state index contributed by atoms with van der Waals surface area (Å²) in [4.78, 5) is 25.4. The fraction of sp³-hybridized carbons (Fsp3) is 0. The average molecular weight is 301 g/mol. The summed E-state index contributed by atoms with van der Waals surface area (Å²) >= 11 is 0. The van der Waals surface area contributed by atoms with Gasteiger partial charge in [0, 0.05) is 27.9 Å². The first kappa shape index (κ1) is 14.7. The molecule has 0 spiro atoms. The Morgan fingerprint density at radius 1 is 0.565 bits per heavy atom. The largest absolute Gasteiger partial charge is 0.399 e. The van der Waals surface area contributed by atoms with Crippen LogP contribution >= 0.6 is 0 Å². The minimum Gasteiger partial charge on any atom is -0.399 e. The van der Waals surface area contributed by atoms with Gasteiger partial charge in [-0.15, -0.1) is 0 Å². The first-order chi connectivity index (χ1) is 11.2. The lowest BCUT2D eigenvalue weighted by Gasteiger charge is -2.08. The van der Waals surface area contributed by atoms with Crippen LogP contribution in [0, 0.1) is 0 Å². The van der Waals surface area contributed by atoms with Gasteiger partial charge >= 0.3 is 0 Å². The first-order valence-corrected chi connectivity index (χ1v) is 7.26. The van der Waals surface area contributed by atoms with E-state index in [1.807, 2.05) is 6.07 Å². The Morgan fingerprint density at radius 3 is 1.52 bits per heavy atom. The van der Waals surface area contributed by atoms with Crippen LogP contribution in [0.1, 0.15) is 31.8 Å². The lowest BCUT2D eigenvalue weighted by molar-refractivity contribution is 0.100. The highest BCUT2D eigenvalue weighted by Crippen LogP contribution is 2.19. The molecule has 112 valence electrons. The molecule has 3 aromatic carbocycles. The minimum absolute atomic E-state index is 0.162. The van der Waals surface area contributed by atoms with E-state index in [-0.39, 0.29) is 11.6 Å². The van der Waals surface area contributed by atoms with Crippen molar-refractivity contribution in [1.29, 1.82) is 0 Å². The van der Waals surface area contributed by atoms with Gasteiger partial charge in [0.1, 0.15) is 0 Å². The molecule has 23 heavy (non-hydrogen) atoms. The van der Waals surface area contributed by atoms with Crippen LogP contribution in [0.3, 0.4) is 0 Å². The van der Waals surface area contributed by atoms with Crippen molar-refractivity contribution in [2.24, 2.45) is 0 Å². The second-order valence-electron chi connectivity index (χ2n) is 5.19. The Kier molecular flexibility index (Phi) is 4.02. The van der Waals surface area contributed by atoms with Crippen LogP contribution in [0.15, 0.2) is 78.9 Å². The highest BCUT2D eigenvalue weighted by atomic mass is 16.1. The van der Waals surface area contributed by atoms with Crippen molar-refractivity contribution in [3.05, 3.63) is 101 Å². The normalized spacial score (nSPS) is 10.3. The van der Waals surface area contributed by atoms with Gasteiger partial charge in [-0.3, -0.25) is 9.59 Å². The van der Waals surface area contributed by atoms with Gasteiger partial charge in [-0.05, 0) is 24.3 Å². The number of hydrogen-bond acceptors (Lipinski definition) is 3. The van der Waals surface area contributed by atoms with Gasteiger partial charge in [0.25, 0.3) is 0 Å². The van der Waals surface area contributed by atoms with Gasteiger partial charge in [0.15, 0.2) is 11.6 Å². The summed E-state index contributed by atoms with van der Waals surface area (Å²) in [5.74, 6) is -0.352. The Labute approximate surface area is 134 Å². The fourth-order valence-electron chi connectivity index (χ4n) is 2.41. The molecule has 0 unspecified atom stereocenters. The van der Waals surface area contributed by atoms with Crippen LogP contribution in [0.2, 0.25) is 0 Å². The lowest BCUT2D eigenvalue weighted by Crippen LogP contribution is -2.11. The van der Waals surface area contributed by atoms with Crippen molar-refractivity contribution in [2.45, 2.75) is 0 Å². The third kappa shape index (κ3) is 3.04. The number of anilines is 1. The van der Waals surface area contributed by atoms with Crippen molar-refractivity contribution in [1.82, 2.24) is 0 Å². The molecule has 0 saturated carbocycles. The van der Waals surface area contributed by atoms with Gasteiger partial charge in [-0.25, -0.2) is 0 Å². The zero-order valence-corrected chi connectivity index (χ0v) is 12.4. The summed E-state index contributed by atoms with van der Waals surface area (Å²) in [7, 11) is 0. The average Bonchev–Trinajstić information content (AvgIpc) is 2.62. The SMILES string of the molecule is Nc1ccc(C(=O)c2ccccc2C(=O)c2ccccc2)cc1. The van der Waals surface area contributed by atoms with Crippen molar-refractivity contribution in [3.63, 3.8) is 0 Å². The van der Waals surface area contributed by atoms with Gasteiger partial charge in [-0.1, -0.05) is 54.6 Å².